The van der Waals surface area contributed by atoms with E-state index in [0.29, 0.717) is 5.41 Å². The minimum atomic E-state index is 0.337. The van der Waals surface area contributed by atoms with Crippen molar-refractivity contribution in [1.29, 1.82) is 0 Å². The van der Waals surface area contributed by atoms with Crippen LogP contribution >= 0.6 is 0 Å². The van der Waals surface area contributed by atoms with Crippen LogP contribution in [0.25, 0.3) is 0 Å². The van der Waals surface area contributed by atoms with E-state index in [0.717, 1.165) is 12.5 Å². The lowest BCUT2D eigenvalue weighted by molar-refractivity contribution is 0.209. The Morgan fingerprint density at radius 1 is 1.20 bits per heavy atom. The topological polar surface area (TPSA) is 26.0 Å². The molecule has 1 heteroatoms. The lowest BCUT2D eigenvalue weighted by Crippen LogP contribution is -2.31. The molecule has 0 fully saturated rings. The number of nitrogens with two attached hydrogens (primary N) is 1. The maximum Gasteiger partial charge on any atom is -0.00232 e. The summed E-state index contributed by atoms with van der Waals surface area (Å²) < 4.78 is 0. The Bertz CT molecular complexity index is 82.7. The second kappa shape index (κ2) is 3.97. The van der Waals surface area contributed by atoms with Gasteiger partial charge in [-0.1, -0.05) is 40.5 Å². The van der Waals surface area contributed by atoms with Crippen LogP contribution in [0.4, 0.5) is 0 Å². The van der Waals surface area contributed by atoms with E-state index in [1.54, 1.807) is 0 Å². The molecule has 0 bridgehead atoms. The highest BCUT2D eigenvalue weighted by Gasteiger charge is 2.24. The Morgan fingerprint density at radius 3 is 1.70 bits per heavy atom. The third-order valence-electron chi connectivity index (χ3n) is 2.62. The zero-order valence-electron chi connectivity index (χ0n) is 7.78. The first-order chi connectivity index (χ1) is 4.58. The van der Waals surface area contributed by atoms with Gasteiger partial charge in [0, 0.05) is 0 Å². The lowest BCUT2D eigenvalue weighted by Gasteiger charge is -2.31. The molecule has 0 unspecified atom stereocenters. The second-order valence-electron chi connectivity index (χ2n) is 3.71. The highest BCUT2D eigenvalue weighted by molar-refractivity contribution is 4.76. The van der Waals surface area contributed by atoms with Gasteiger partial charge in [-0.15, -0.1) is 0 Å². The van der Waals surface area contributed by atoms with Crippen LogP contribution in [0.15, 0.2) is 0 Å². The van der Waals surface area contributed by atoms with Crippen LogP contribution in [-0.2, 0) is 0 Å². The fourth-order valence-electron chi connectivity index (χ4n) is 1.56. The van der Waals surface area contributed by atoms with Gasteiger partial charge in [-0.25, -0.2) is 0 Å². The van der Waals surface area contributed by atoms with E-state index in [-0.39, 0.29) is 0 Å². The molecule has 0 saturated carbocycles. The van der Waals surface area contributed by atoms with Crippen LogP contribution in [0, 0.1) is 11.3 Å². The standard InChI is InChI=1S/C9H21N/c1-5-8(6-2)9(3,4)7-10/h8H,5-7,10H2,1-4H3. The first kappa shape index (κ1) is 9.96. The van der Waals surface area contributed by atoms with Crippen LogP contribution in [0.5, 0.6) is 0 Å². The molecule has 0 saturated heterocycles. The van der Waals surface area contributed by atoms with Crippen molar-refractivity contribution in [2.75, 3.05) is 6.54 Å². The lowest BCUT2D eigenvalue weighted by atomic mass is 9.76. The van der Waals surface area contributed by atoms with E-state index in [1.165, 1.54) is 12.8 Å². The smallest absolute Gasteiger partial charge is 0.00232 e. The van der Waals surface area contributed by atoms with E-state index in [4.69, 9.17) is 5.73 Å². The summed E-state index contributed by atoms with van der Waals surface area (Å²) in [5, 5.41) is 0. The Labute approximate surface area is 65.0 Å². The van der Waals surface area contributed by atoms with Gasteiger partial charge in [0.2, 0.25) is 0 Å². The van der Waals surface area contributed by atoms with Crippen LogP contribution in [0.2, 0.25) is 0 Å². The van der Waals surface area contributed by atoms with Gasteiger partial charge in [-0.2, -0.15) is 0 Å². The van der Waals surface area contributed by atoms with Gasteiger partial charge in [0.05, 0.1) is 0 Å². The molecular formula is C9H21N. The molecule has 0 radical (unpaired) electrons. The predicted octanol–water partition coefficient (Wildman–Crippen LogP) is 2.41. The van der Waals surface area contributed by atoms with Crippen LogP contribution in [-0.4, -0.2) is 6.54 Å². The van der Waals surface area contributed by atoms with Gasteiger partial charge in [0.1, 0.15) is 0 Å². The number of rotatable bonds is 4. The molecule has 62 valence electrons. The van der Waals surface area contributed by atoms with E-state index in [2.05, 4.69) is 27.7 Å². The van der Waals surface area contributed by atoms with E-state index >= 15 is 0 Å². The Kier molecular flexibility index (Phi) is 3.95. The van der Waals surface area contributed by atoms with Crippen LogP contribution < -0.4 is 5.73 Å². The molecule has 0 atom stereocenters. The molecule has 2 N–H and O–H groups in total. The van der Waals surface area contributed by atoms with Gasteiger partial charge in [0.15, 0.2) is 0 Å². The minimum absolute atomic E-state index is 0.337. The number of hydrogen-bond donors (Lipinski definition) is 1. The van der Waals surface area contributed by atoms with Crippen molar-refractivity contribution < 1.29 is 0 Å². The van der Waals surface area contributed by atoms with E-state index < -0.39 is 0 Å². The third kappa shape index (κ3) is 2.30. The Morgan fingerprint density at radius 2 is 1.60 bits per heavy atom. The number of hydrogen-bond acceptors (Lipinski definition) is 1. The van der Waals surface area contributed by atoms with Gasteiger partial charge in [-0.3, -0.25) is 0 Å². The van der Waals surface area contributed by atoms with E-state index in [1.807, 2.05) is 0 Å². The molecule has 0 rings (SSSR count). The molecule has 0 aromatic carbocycles. The average molecular weight is 143 g/mol. The molecule has 0 heterocycles. The van der Waals surface area contributed by atoms with Crippen molar-refractivity contribution in [3.05, 3.63) is 0 Å². The summed E-state index contributed by atoms with van der Waals surface area (Å²) in [5.74, 6) is 0.789. The fraction of sp³-hybridized carbons (Fsp3) is 1.00. The largest absolute Gasteiger partial charge is 0.330 e. The van der Waals surface area contributed by atoms with Crippen molar-refractivity contribution >= 4 is 0 Å². The summed E-state index contributed by atoms with van der Waals surface area (Å²) >= 11 is 0. The highest BCUT2D eigenvalue weighted by Crippen LogP contribution is 2.30. The maximum absolute atomic E-state index is 5.66. The van der Waals surface area contributed by atoms with Gasteiger partial charge in [0.25, 0.3) is 0 Å². The quantitative estimate of drug-likeness (QED) is 0.642. The minimum Gasteiger partial charge on any atom is -0.330 e. The third-order valence-corrected chi connectivity index (χ3v) is 2.62. The van der Waals surface area contributed by atoms with Crippen LogP contribution in [0.1, 0.15) is 40.5 Å². The maximum atomic E-state index is 5.66. The Balaban J connectivity index is 3.97. The fourth-order valence-corrected chi connectivity index (χ4v) is 1.56. The van der Waals surface area contributed by atoms with Crippen LogP contribution in [0.3, 0.4) is 0 Å². The normalized spacial score (nSPS) is 12.6. The molecule has 10 heavy (non-hydrogen) atoms. The molecule has 0 spiro atoms. The highest BCUT2D eigenvalue weighted by atomic mass is 14.6. The molecule has 1 nitrogen and oxygen atoms in total. The summed E-state index contributed by atoms with van der Waals surface area (Å²) in [6.45, 7) is 9.80. The molecular weight excluding hydrogens is 122 g/mol. The van der Waals surface area contributed by atoms with Gasteiger partial charge in [-0.05, 0) is 17.9 Å². The summed E-state index contributed by atoms with van der Waals surface area (Å²) in [6.07, 6.45) is 2.50. The first-order valence-corrected chi connectivity index (χ1v) is 4.28. The molecule has 0 aliphatic rings. The zero-order chi connectivity index (χ0) is 8.20. The second-order valence-corrected chi connectivity index (χ2v) is 3.71. The van der Waals surface area contributed by atoms with Crippen molar-refractivity contribution in [1.82, 2.24) is 0 Å². The molecule has 0 aliphatic heterocycles. The van der Waals surface area contributed by atoms with Crippen molar-refractivity contribution in [3.8, 4) is 0 Å². The first-order valence-electron chi connectivity index (χ1n) is 4.28. The monoisotopic (exact) mass is 143 g/mol. The molecule has 0 aliphatic carbocycles. The van der Waals surface area contributed by atoms with Gasteiger partial charge >= 0.3 is 0 Å². The molecule has 0 amide bonds. The van der Waals surface area contributed by atoms with Crippen molar-refractivity contribution in [2.45, 2.75) is 40.5 Å². The SMILES string of the molecule is CCC(CC)C(C)(C)CN. The van der Waals surface area contributed by atoms with Crippen molar-refractivity contribution in [2.24, 2.45) is 17.1 Å². The summed E-state index contributed by atoms with van der Waals surface area (Å²) in [7, 11) is 0. The van der Waals surface area contributed by atoms with Crippen molar-refractivity contribution in [3.63, 3.8) is 0 Å². The zero-order valence-corrected chi connectivity index (χ0v) is 7.78. The molecule has 0 aromatic rings. The van der Waals surface area contributed by atoms with Gasteiger partial charge < -0.3 is 5.73 Å². The average Bonchev–Trinajstić information content (AvgIpc) is 1.90. The summed E-state index contributed by atoms with van der Waals surface area (Å²) in [5.41, 5.74) is 6.00. The Hall–Kier alpha value is -0.0400. The summed E-state index contributed by atoms with van der Waals surface area (Å²) in [6, 6.07) is 0. The summed E-state index contributed by atoms with van der Waals surface area (Å²) in [4.78, 5) is 0. The predicted molar refractivity (Wildman–Crippen MR) is 46.9 cm³/mol. The molecule has 0 aromatic heterocycles. The van der Waals surface area contributed by atoms with E-state index in [9.17, 15) is 0 Å².